The van der Waals surface area contributed by atoms with Crippen molar-refractivity contribution >= 4 is 0 Å². The largest absolute Gasteiger partial charge is 0.508 e. The third-order valence-electron chi connectivity index (χ3n) is 3.49. The van der Waals surface area contributed by atoms with Crippen LogP contribution in [0.3, 0.4) is 0 Å². The van der Waals surface area contributed by atoms with Gasteiger partial charge in [-0.25, -0.2) is 4.39 Å². The predicted octanol–water partition coefficient (Wildman–Crippen LogP) is 1.98. The lowest BCUT2D eigenvalue weighted by atomic mass is 9.94. The maximum atomic E-state index is 13.4. The molecule has 0 spiro atoms. The third-order valence-corrected chi connectivity index (χ3v) is 3.49. The summed E-state index contributed by atoms with van der Waals surface area (Å²) in [6.45, 7) is 0. The van der Waals surface area contributed by atoms with Crippen molar-refractivity contribution in [3.05, 3.63) is 47.3 Å². The molecule has 0 fully saturated rings. The topological polar surface area (TPSA) is 90.2 Å². The molecule has 0 amide bonds. The van der Waals surface area contributed by atoms with Gasteiger partial charge in [0.1, 0.15) is 23.4 Å². The fourth-order valence-electron chi connectivity index (χ4n) is 2.45. The molecule has 5 nitrogen and oxygen atoms in total. The van der Waals surface area contributed by atoms with E-state index in [2.05, 4.69) is 0 Å². The van der Waals surface area contributed by atoms with Crippen LogP contribution >= 0.6 is 0 Å². The molecule has 0 saturated carbocycles. The minimum Gasteiger partial charge on any atom is -0.508 e. The van der Waals surface area contributed by atoms with Crippen LogP contribution in [0.4, 0.5) is 4.39 Å². The van der Waals surface area contributed by atoms with E-state index in [1.54, 1.807) is 0 Å². The van der Waals surface area contributed by atoms with Crippen LogP contribution in [0.2, 0.25) is 0 Å². The van der Waals surface area contributed by atoms with Gasteiger partial charge in [-0.15, -0.1) is 0 Å². The molecule has 21 heavy (non-hydrogen) atoms. The number of halogens is 1. The lowest BCUT2D eigenvalue weighted by molar-refractivity contribution is 0.0196. The summed E-state index contributed by atoms with van der Waals surface area (Å²) in [6.07, 6.45) is -1.74. The van der Waals surface area contributed by atoms with Crippen LogP contribution in [-0.4, -0.2) is 26.5 Å². The molecule has 110 valence electrons. The molecule has 1 aliphatic rings. The molecule has 4 N–H and O–H groups in total. The maximum Gasteiger partial charge on any atom is 0.165 e. The number of aromatic hydroxyl groups is 3. The highest BCUT2D eigenvalue weighted by Gasteiger charge is 2.32. The first-order chi connectivity index (χ1) is 9.95. The van der Waals surface area contributed by atoms with E-state index in [4.69, 9.17) is 4.74 Å². The molecule has 3 rings (SSSR count). The molecule has 2 aromatic carbocycles. The quantitative estimate of drug-likeness (QED) is 0.645. The summed E-state index contributed by atoms with van der Waals surface area (Å²) in [5, 5.41) is 38.6. The minimum atomic E-state index is -0.989. The van der Waals surface area contributed by atoms with Crippen molar-refractivity contribution in [1.82, 2.24) is 0 Å². The Kier molecular flexibility index (Phi) is 3.10. The Morgan fingerprint density at radius 1 is 1.05 bits per heavy atom. The number of fused-ring (bicyclic) bond motifs is 1. The molecule has 2 aromatic rings. The van der Waals surface area contributed by atoms with E-state index < -0.39 is 23.8 Å². The third kappa shape index (κ3) is 2.34. The van der Waals surface area contributed by atoms with Gasteiger partial charge in [0.05, 0.1) is 6.10 Å². The summed E-state index contributed by atoms with van der Waals surface area (Å²) < 4.78 is 19.0. The number of phenols is 3. The summed E-state index contributed by atoms with van der Waals surface area (Å²) >= 11 is 0. The zero-order valence-electron chi connectivity index (χ0n) is 10.8. The van der Waals surface area contributed by atoms with E-state index in [1.807, 2.05) is 0 Å². The summed E-state index contributed by atoms with van der Waals surface area (Å²) in [6, 6.07) is 6.19. The van der Waals surface area contributed by atoms with Crippen LogP contribution < -0.4 is 4.74 Å². The van der Waals surface area contributed by atoms with Crippen LogP contribution in [0.1, 0.15) is 17.2 Å². The highest BCUT2D eigenvalue weighted by Crippen LogP contribution is 2.42. The fourth-order valence-corrected chi connectivity index (χ4v) is 2.45. The second-order valence-electron chi connectivity index (χ2n) is 4.96. The summed E-state index contributed by atoms with van der Waals surface area (Å²) in [5.41, 5.74) is 0.738. The Morgan fingerprint density at radius 2 is 1.81 bits per heavy atom. The number of rotatable bonds is 1. The van der Waals surface area contributed by atoms with Crippen molar-refractivity contribution in [2.24, 2.45) is 0 Å². The Labute approximate surface area is 119 Å². The number of aliphatic hydroxyl groups is 1. The van der Waals surface area contributed by atoms with E-state index in [1.165, 1.54) is 18.2 Å². The standard InChI is InChI=1S/C15H13FO5/c16-10-3-7(1-2-11(10)18)15-13(20)6-9-12(19)4-8(17)5-14(9)21-15/h1-5,13,15,17-20H,6H2/t13-,15-/m0/s1. The molecular formula is C15H13FO5. The first-order valence-corrected chi connectivity index (χ1v) is 6.33. The first kappa shape index (κ1) is 13.5. The number of hydrogen-bond donors (Lipinski definition) is 4. The number of benzene rings is 2. The van der Waals surface area contributed by atoms with E-state index in [9.17, 15) is 24.8 Å². The summed E-state index contributed by atoms with van der Waals surface area (Å²) in [7, 11) is 0. The van der Waals surface area contributed by atoms with Gasteiger partial charge in [-0.3, -0.25) is 0 Å². The van der Waals surface area contributed by atoms with Gasteiger partial charge in [0, 0.05) is 24.1 Å². The van der Waals surface area contributed by atoms with E-state index in [0.717, 1.165) is 12.1 Å². The highest BCUT2D eigenvalue weighted by molar-refractivity contribution is 5.51. The monoisotopic (exact) mass is 292 g/mol. The Morgan fingerprint density at radius 3 is 2.52 bits per heavy atom. The highest BCUT2D eigenvalue weighted by atomic mass is 19.1. The molecule has 0 bridgehead atoms. The average Bonchev–Trinajstić information content (AvgIpc) is 2.42. The van der Waals surface area contributed by atoms with E-state index >= 15 is 0 Å². The number of aliphatic hydroxyl groups excluding tert-OH is 1. The summed E-state index contributed by atoms with van der Waals surface area (Å²) in [4.78, 5) is 0. The van der Waals surface area contributed by atoms with Gasteiger partial charge < -0.3 is 25.2 Å². The molecule has 6 heteroatoms. The predicted molar refractivity (Wildman–Crippen MR) is 70.9 cm³/mol. The van der Waals surface area contributed by atoms with Gasteiger partial charge in [-0.05, 0) is 17.7 Å². The van der Waals surface area contributed by atoms with Crippen LogP contribution in [0.25, 0.3) is 0 Å². The zero-order chi connectivity index (χ0) is 15.1. The summed E-state index contributed by atoms with van der Waals surface area (Å²) in [5.74, 6) is -1.40. The van der Waals surface area contributed by atoms with Crippen LogP contribution in [0.5, 0.6) is 23.0 Å². The lowest BCUT2D eigenvalue weighted by Crippen LogP contribution is -2.30. The number of ether oxygens (including phenoxy) is 1. The average molecular weight is 292 g/mol. The van der Waals surface area contributed by atoms with Crippen LogP contribution in [0.15, 0.2) is 30.3 Å². The van der Waals surface area contributed by atoms with Gasteiger partial charge >= 0.3 is 0 Å². The van der Waals surface area contributed by atoms with Crippen molar-refractivity contribution in [3.63, 3.8) is 0 Å². The zero-order valence-corrected chi connectivity index (χ0v) is 10.8. The Bertz CT molecular complexity index is 701. The van der Waals surface area contributed by atoms with Gasteiger partial charge in [0.15, 0.2) is 11.6 Å². The van der Waals surface area contributed by atoms with Crippen LogP contribution in [-0.2, 0) is 6.42 Å². The molecule has 0 unspecified atom stereocenters. The van der Waals surface area contributed by atoms with Crippen molar-refractivity contribution in [3.8, 4) is 23.0 Å². The van der Waals surface area contributed by atoms with Crippen molar-refractivity contribution < 1.29 is 29.6 Å². The maximum absolute atomic E-state index is 13.4. The van der Waals surface area contributed by atoms with Gasteiger partial charge in [-0.1, -0.05) is 6.07 Å². The molecular weight excluding hydrogens is 279 g/mol. The Hall–Kier alpha value is -2.47. The van der Waals surface area contributed by atoms with Crippen molar-refractivity contribution in [2.75, 3.05) is 0 Å². The normalized spacial score (nSPS) is 20.7. The van der Waals surface area contributed by atoms with Crippen molar-refractivity contribution in [2.45, 2.75) is 18.6 Å². The molecule has 0 aliphatic carbocycles. The number of hydrogen-bond acceptors (Lipinski definition) is 5. The first-order valence-electron chi connectivity index (χ1n) is 6.33. The Balaban J connectivity index is 2.00. The SMILES string of the molecule is Oc1cc(O)c2c(c1)O[C@@H](c1ccc(O)c(F)c1)[C@@H](O)C2. The fraction of sp³-hybridized carbons (Fsp3) is 0.200. The molecule has 1 aliphatic heterocycles. The van der Waals surface area contributed by atoms with Gasteiger partial charge in [0.25, 0.3) is 0 Å². The number of phenolic OH excluding ortho intramolecular Hbond substituents is 3. The molecule has 0 radical (unpaired) electrons. The molecule has 0 aromatic heterocycles. The van der Waals surface area contributed by atoms with Gasteiger partial charge in [0.2, 0.25) is 0 Å². The molecule has 2 atom stereocenters. The van der Waals surface area contributed by atoms with Gasteiger partial charge in [-0.2, -0.15) is 0 Å². The second-order valence-corrected chi connectivity index (χ2v) is 4.96. The molecule has 1 heterocycles. The minimum absolute atomic E-state index is 0.106. The lowest BCUT2D eigenvalue weighted by Gasteiger charge is -2.31. The second kappa shape index (κ2) is 4.82. The van der Waals surface area contributed by atoms with Crippen LogP contribution in [0, 0.1) is 5.82 Å². The molecule has 0 saturated heterocycles. The van der Waals surface area contributed by atoms with E-state index in [-0.39, 0.29) is 23.7 Å². The van der Waals surface area contributed by atoms with Crippen molar-refractivity contribution in [1.29, 1.82) is 0 Å². The smallest absolute Gasteiger partial charge is 0.165 e. The van der Waals surface area contributed by atoms with E-state index in [0.29, 0.717) is 11.1 Å².